The highest BCUT2D eigenvalue weighted by Crippen LogP contribution is 2.44. The normalized spacial score (nSPS) is 12.4. The lowest BCUT2D eigenvalue weighted by Gasteiger charge is -2.24. The van der Waals surface area contributed by atoms with Crippen molar-refractivity contribution < 1.29 is 4.74 Å². The van der Waals surface area contributed by atoms with Gasteiger partial charge >= 0.3 is 0 Å². The van der Waals surface area contributed by atoms with Crippen molar-refractivity contribution in [3.8, 4) is 5.75 Å². The third kappa shape index (κ3) is 2.88. The molecule has 0 saturated heterocycles. The minimum atomic E-state index is 0.0413. The monoisotopic (exact) mass is 391 g/mol. The summed E-state index contributed by atoms with van der Waals surface area (Å²) < 4.78 is 5.92. The molecule has 0 radical (unpaired) electrons. The molecule has 5 aromatic rings. The standard InChI is InChI=1S/C28H25NO/c1-18-10-4-6-12-21(18)27(28-19(2)22-13-8-9-15-24(22)29-28)26-23-14-7-5-11-20(23)16-17-25(26)30-3/h4-17,27,29H,1-3H3. The number of aromatic amines is 1. The van der Waals surface area contributed by atoms with E-state index in [0.29, 0.717) is 0 Å². The van der Waals surface area contributed by atoms with Crippen LogP contribution in [0.5, 0.6) is 5.75 Å². The lowest BCUT2D eigenvalue weighted by Crippen LogP contribution is -2.09. The van der Waals surface area contributed by atoms with Crippen molar-refractivity contribution in [2.24, 2.45) is 0 Å². The zero-order valence-corrected chi connectivity index (χ0v) is 17.6. The molecule has 1 unspecified atom stereocenters. The van der Waals surface area contributed by atoms with Crippen molar-refractivity contribution in [2.75, 3.05) is 7.11 Å². The second-order valence-corrected chi connectivity index (χ2v) is 7.90. The van der Waals surface area contributed by atoms with E-state index in [-0.39, 0.29) is 5.92 Å². The molecule has 1 N–H and O–H groups in total. The van der Waals surface area contributed by atoms with E-state index in [9.17, 15) is 0 Å². The van der Waals surface area contributed by atoms with Gasteiger partial charge in [-0.25, -0.2) is 0 Å². The molecule has 0 saturated carbocycles. The predicted octanol–water partition coefficient (Wildman–Crippen LogP) is 7.13. The van der Waals surface area contributed by atoms with E-state index < -0.39 is 0 Å². The Morgan fingerprint density at radius 1 is 0.733 bits per heavy atom. The number of methoxy groups -OCH3 is 1. The van der Waals surface area contributed by atoms with Crippen molar-refractivity contribution in [3.63, 3.8) is 0 Å². The van der Waals surface area contributed by atoms with Crippen LogP contribution in [0.2, 0.25) is 0 Å². The molecule has 0 aliphatic rings. The summed E-state index contributed by atoms with van der Waals surface area (Å²) in [4.78, 5) is 3.75. The molecule has 0 spiro atoms. The van der Waals surface area contributed by atoms with Crippen molar-refractivity contribution >= 4 is 21.7 Å². The lowest BCUT2D eigenvalue weighted by atomic mass is 9.82. The van der Waals surface area contributed by atoms with Crippen LogP contribution in [-0.2, 0) is 0 Å². The molecule has 0 bridgehead atoms. The molecule has 5 rings (SSSR count). The van der Waals surface area contributed by atoms with Crippen molar-refractivity contribution in [3.05, 3.63) is 113 Å². The minimum absolute atomic E-state index is 0.0413. The summed E-state index contributed by atoms with van der Waals surface area (Å²) >= 11 is 0. The first-order chi connectivity index (χ1) is 14.7. The van der Waals surface area contributed by atoms with E-state index in [1.807, 2.05) is 0 Å². The average Bonchev–Trinajstić information content (AvgIpc) is 3.12. The first-order valence-corrected chi connectivity index (χ1v) is 10.4. The van der Waals surface area contributed by atoms with Crippen LogP contribution in [-0.4, -0.2) is 12.1 Å². The predicted molar refractivity (Wildman–Crippen MR) is 126 cm³/mol. The molecule has 1 aromatic heterocycles. The van der Waals surface area contributed by atoms with Crippen LogP contribution >= 0.6 is 0 Å². The van der Waals surface area contributed by atoms with E-state index in [1.165, 1.54) is 49.6 Å². The molecule has 0 fully saturated rings. The van der Waals surface area contributed by atoms with E-state index in [1.54, 1.807) is 7.11 Å². The molecule has 0 aliphatic heterocycles. The molecule has 2 heteroatoms. The summed E-state index contributed by atoms with van der Waals surface area (Å²) in [6, 6.07) is 30.0. The van der Waals surface area contributed by atoms with E-state index in [4.69, 9.17) is 4.74 Å². The van der Waals surface area contributed by atoms with Crippen LogP contribution in [0.4, 0.5) is 0 Å². The SMILES string of the molecule is COc1ccc2ccccc2c1C(c1ccccc1C)c1[nH]c2ccccc2c1C. The summed E-state index contributed by atoms with van der Waals surface area (Å²) in [5, 5.41) is 3.72. The Bertz CT molecular complexity index is 1360. The number of aryl methyl sites for hydroxylation is 2. The summed E-state index contributed by atoms with van der Waals surface area (Å²) in [6.45, 7) is 4.41. The van der Waals surface area contributed by atoms with Gasteiger partial charge < -0.3 is 9.72 Å². The molecule has 148 valence electrons. The van der Waals surface area contributed by atoms with Gasteiger partial charge in [0.2, 0.25) is 0 Å². The van der Waals surface area contributed by atoms with Crippen LogP contribution in [0.25, 0.3) is 21.7 Å². The fourth-order valence-corrected chi connectivity index (χ4v) is 4.71. The zero-order chi connectivity index (χ0) is 20.7. The third-order valence-electron chi connectivity index (χ3n) is 6.23. The Balaban J connectivity index is 1.90. The Kier molecular flexibility index (Phi) is 4.55. The lowest BCUT2D eigenvalue weighted by molar-refractivity contribution is 0.410. The van der Waals surface area contributed by atoms with Crippen LogP contribution in [0, 0.1) is 13.8 Å². The first kappa shape index (κ1) is 18.5. The number of hydrogen-bond acceptors (Lipinski definition) is 1. The zero-order valence-electron chi connectivity index (χ0n) is 17.6. The van der Waals surface area contributed by atoms with Gasteiger partial charge in [0.1, 0.15) is 5.75 Å². The highest BCUT2D eigenvalue weighted by molar-refractivity contribution is 5.91. The number of fused-ring (bicyclic) bond motifs is 2. The molecular weight excluding hydrogens is 366 g/mol. The topological polar surface area (TPSA) is 25.0 Å². The minimum Gasteiger partial charge on any atom is -0.496 e. The second kappa shape index (κ2) is 7.38. The van der Waals surface area contributed by atoms with Crippen LogP contribution in [0.1, 0.15) is 33.9 Å². The highest BCUT2D eigenvalue weighted by Gasteiger charge is 2.27. The van der Waals surface area contributed by atoms with Gasteiger partial charge in [-0.3, -0.25) is 0 Å². The maximum atomic E-state index is 5.92. The van der Waals surface area contributed by atoms with Crippen molar-refractivity contribution in [2.45, 2.75) is 19.8 Å². The smallest absolute Gasteiger partial charge is 0.123 e. The molecule has 4 aromatic carbocycles. The van der Waals surface area contributed by atoms with Gasteiger partial charge in [0, 0.05) is 22.2 Å². The number of benzene rings is 4. The van der Waals surface area contributed by atoms with Gasteiger partial charge in [-0.1, -0.05) is 72.8 Å². The van der Waals surface area contributed by atoms with Crippen LogP contribution in [0.15, 0.2) is 84.9 Å². The van der Waals surface area contributed by atoms with Crippen molar-refractivity contribution in [1.29, 1.82) is 0 Å². The number of ether oxygens (including phenoxy) is 1. The van der Waals surface area contributed by atoms with Crippen LogP contribution < -0.4 is 4.74 Å². The third-order valence-corrected chi connectivity index (χ3v) is 6.23. The Hall–Kier alpha value is -3.52. The Morgan fingerprint density at radius 2 is 1.43 bits per heavy atom. The average molecular weight is 392 g/mol. The summed E-state index contributed by atoms with van der Waals surface area (Å²) in [5.74, 6) is 0.958. The molecule has 0 aliphatic carbocycles. The van der Waals surface area contributed by atoms with Crippen molar-refractivity contribution in [1.82, 2.24) is 4.98 Å². The fourth-order valence-electron chi connectivity index (χ4n) is 4.71. The van der Waals surface area contributed by atoms with Gasteiger partial charge in [-0.15, -0.1) is 0 Å². The quantitative estimate of drug-likeness (QED) is 0.346. The molecule has 0 amide bonds. The number of aromatic nitrogens is 1. The summed E-state index contributed by atoms with van der Waals surface area (Å²) in [6.07, 6.45) is 0. The summed E-state index contributed by atoms with van der Waals surface area (Å²) in [7, 11) is 1.76. The van der Waals surface area contributed by atoms with E-state index >= 15 is 0 Å². The molecular formula is C28H25NO. The number of nitrogens with one attached hydrogen (secondary N) is 1. The highest BCUT2D eigenvalue weighted by atomic mass is 16.5. The summed E-state index contributed by atoms with van der Waals surface area (Å²) in [5.41, 5.74) is 7.45. The van der Waals surface area contributed by atoms with Gasteiger partial charge in [-0.2, -0.15) is 0 Å². The largest absolute Gasteiger partial charge is 0.496 e. The molecule has 2 nitrogen and oxygen atoms in total. The Labute approximate surface area is 177 Å². The van der Waals surface area contributed by atoms with Gasteiger partial charge in [0.25, 0.3) is 0 Å². The Morgan fingerprint density at radius 3 is 2.20 bits per heavy atom. The fraction of sp³-hybridized carbons (Fsp3) is 0.143. The van der Waals surface area contributed by atoms with Gasteiger partial charge in [0.05, 0.1) is 13.0 Å². The molecule has 30 heavy (non-hydrogen) atoms. The number of hydrogen-bond donors (Lipinski definition) is 1. The van der Waals surface area contributed by atoms with E-state index in [0.717, 1.165) is 5.75 Å². The van der Waals surface area contributed by atoms with Crippen LogP contribution in [0.3, 0.4) is 0 Å². The number of rotatable bonds is 4. The maximum absolute atomic E-state index is 5.92. The second-order valence-electron chi connectivity index (χ2n) is 7.90. The van der Waals surface area contributed by atoms with Gasteiger partial charge in [0.15, 0.2) is 0 Å². The number of H-pyrrole nitrogens is 1. The molecule has 1 heterocycles. The maximum Gasteiger partial charge on any atom is 0.123 e. The molecule has 1 atom stereocenters. The van der Waals surface area contributed by atoms with E-state index in [2.05, 4.69) is 104 Å². The van der Waals surface area contributed by atoms with Gasteiger partial charge in [-0.05, 0) is 53.4 Å². The first-order valence-electron chi connectivity index (χ1n) is 10.4. The number of para-hydroxylation sites is 1.